The van der Waals surface area contributed by atoms with Gasteiger partial charge in [0.05, 0.1) is 36.7 Å². The van der Waals surface area contributed by atoms with Crippen LogP contribution in [-0.2, 0) is 19.2 Å². The largest absolute Gasteiger partial charge is 0.447 e. The molecule has 192 valence electrons. The molecule has 1 fully saturated rings. The summed E-state index contributed by atoms with van der Waals surface area (Å²) in [4.78, 5) is 29.6. The molecule has 0 radical (unpaired) electrons. The maximum absolute atomic E-state index is 12.8. The predicted molar refractivity (Wildman–Crippen MR) is 138 cm³/mol. The molecule has 1 heterocycles. The van der Waals surface area contributed by atoms with Crippen molar-refractivity contribution >= 4 is 38.9 Å². The first-order valence-corrected chi connectivity index (χ1v) is 14.5. The highest BCUT2D eigenvalue weighted by Gasteiger charge is 2.27. The molecule has 1 aromatic heterocycles. The van der Waals surface area contributed by atoms with Crippen molar-refractivity contribution in [2.45, 2.75) is 82.4 Å². The van der Waals surface area contributed by atoms with E-state index in [0.717, 1.165) is 35.6 Å². The van der Waals surface area contributed by atoms with Crippen LogP contribution in [0, 0.1) is 4.78 Å². The molecule has 0 bridgehead atoms. The zero-order valence-electron chi connectivity index (χ0n) is 20.8. The first-order valence-electron chi connectivity index (χ1n) is 11.7. The van der Waals surface area contributed by atoms with Gasteiger partial charge in [-0.25, -0.2) is 23.6 Å². The molecule has 1 aromatic carbocycles. The average Bonchev–Trinajstić information content (AvgIpc) is 3.22. The second-order valence-corrected chi connectivity index (χ2v) is 12.5. The van der Waals surface area contributed by atoms with Crippen LogP contribution in [0.15, 0.2) is 29.3 Å². The number of carbonyl (C=O) groups is 2. The molecule has 3 rings (SSSR count). The smallest absolute Gasteiger partial charge is 0.411 e. The van der Waals surface area contributed by atoms with Gasteiger partial charge in [0, 0.05) is 35.7 Å². The third-order valence-corrected chi connectivity index (χ3v) is 7.89. The summed E-state index contributed by atoms with van der Waals surface area (Å²) in [5.41, 5.74) is 1.09. The molecular formula is C24H34N4O5S2. The van der Waals surface area contributed by atoms with Crippen LogP contribution in [0.1, 0.15) is 64.3 Å². The molecule has 0 spiro atoms. The minimum atomic E-state index is -3.07. The molecule has 1 aliphatic rings. The predicted octanol–water partition coefficient (Wildman–Crippen LogP) is 5.96. The third-order valence-electron chi connectivity index (χ3n) is 5.52. The molecule has 0 saturated heterocycles. The number of rotatable bonds is 7. The SMILES string of the molecule is CC(C)OC(=O)Nc1ccc(-c2cnc(C3CCC(NC(=O)OC(C)C)CC3)s2)c(S(C)(=N)=O)c1. The maximum Gasteiger partial charge on any atom is 0.411 e. The van der Waals surface area contributed by atoms with E-state index in [1.807, 2.05) is 13.8 Å². The average molecular weight is 523 g/mol. The highest BCUT2D eigenvalue weighted by molar-refractivity contribution is 7.91. The summed E-state index contributed by atoms with van der Waals surface area (Å²) >= 11 is 1.53. The van der Waals surface area contributed by atoms with Crippen LogP contribution in [0.2, 0.25) is 0 Å². The summed E-state index contributed by atoms with van der Waals surface area (Å²) in [6, 6.07) is 5.13. The van der Waals surface area contributed by atoms with E-state index in [2.05, 4.69) is 15.6 Å². The number of nitrogens with one attached hydrogen (secondary N) is 3. The van der Waals surface area contributed by atoms with Crippen molar-refractivity contribution in [1.29, 1.82) is 4.78 Å². The van der Waals surface area contributed by atoms with E-state index in [1.54, 1.807) is 38.2 Å². The number of hydrogen-bond acceptors (Lipinski definition) is 8. The molecular weight excluding hydrogens is 488 g/mol. The zero-order chi connectivity index (χ0) is 25.8. The van der Waals surface area contributed by atoms with Gasteiger partial charge in [0.25, 0.3) is 0 Å². The summed E-state index contributed by atoms with van der Waals surface area (Å²) in [5.74, 6) is 0.282. The van der Waals surface area contributed by atoms with E-state index in [1.165, 1.54) is 17.6 Å². The molecule has 35 heavy (non-hydrogen) atoms. The van der Waals surface area contributed by atoms with Crippen LogP contribution in [0.5, 0.6) is 0 Å². The Kier molecular flexibility index (Phi) is 8.76. The lowest BCUT2D eigenvalue weighted by molar-refractivity contribution is 0.109. The van der Waals surface area contributed by atoms with Crippen LogP contribution in [0.4, 0.5) is 15.3 Å². The fourth-order valence-electron chi connectivity index (χ4n) is 3.99. The lowest BCUT2D eigenvalue weighted by Crippen LogP contribution is -2.38. The van der Waals surface area contributed by atoms with Gasteiger partial charge in [0.15, 0.2) is 0 Å². The number of benzene rings is 1. The number of ether oxygens (including phenoxy) is 2. The van der Waals surface area contributed by atoms with E-state index in [0.29, 0.717) is 16.1 Å². The molecule has 2 amide bonds. The van der Waals surface area contributed by atoms with Gasteiger partial charge in [-0.3, -0.25) is 5.32 Å². The lowest BCUT2D eigenvalue weighted by atomic mass is 9.86. The number of nitrogens with zero attached hydrogens (tertiary/aromatic N) is 1. The summed E-state index contributed by atoms with van der Waals surface area (Å²) < 4.78 is 31.2. The number of aromatic nitrogens is 1. The standard InChI is InChI=1S/C24H34N4O5S2/c1-14(2)32-23(29)27-17-8-6-16(7-9-17)22-26-13-20(34-22)19-11-10-18(12-21(19)35(5,25)31)28-24(30)33-15(3)4/h10-17,25H,6-9H2,1-5H3,(H,27,29)(H,28,30). The fraction of sp³-hybridized carbons (Fsp3) is 0.542. The molecule has 11 heteroatoms. The number of carbonyl (C=O) groups excluding carboxylic acids is 2. The molecule has 1 atom stereocenters. The van der Waals surface area contributed by atoms with Crippen LogP contribution in [0.25, 0.3) is 10.4 Å². The van der Waals surface area contributed by atoms with E-state index in [9.17, 15) is 13.8 Å². The van der Waals surface area contributed by atoms with Crippen molar-refractivity contribution in [2.75, 3.05) is 11.6 Å². The number of alkyl carbamates (subject to hydrolysis) is 1. The summed E-state index contributed by atoms with van der Waals surface area (Å²) in [6.45, 7) is 7.15. The Balaban J connectivity index is 1.72. The second kappa shape index (κ2) is 11.4. The van der Waals surface area contributed by atoms with E-state index < -0.39 is 15.8 Å². The van der Waals surface area contributed by atoms with Crippen LogP contribution in [0.3, 0.4) is 0 Å². The first-order chi connectivity index (χ1) is 16.4. The van der Waals surface area contributed by atoms with Crippen LogP contribution in [-0.4, -0.2) is 45.9 Å². The minimum absolute atomic E-state index is 0.0963. The topological polar surface area (TPSA) is 130 Å². The Hall–Kier alpha value is -2.66. The third kappa shape index (κ3) is 7.66. The van der Waals surface area contributed by atoms with Gasteiger partial charge in [-0.15, -0.1) is 11.3 Å². The van der Waals surface area contributed by atoms with Crippen molar-refractivity contribution < 1.29 is 23.3 Å². The van der Waals surface area contributed by atoms with Gasteiger partial charge in [-0.1, -0.05) is 6.07 Å². The first kappa shape index (κ1) is 26.9. The molecule has 2 aromatic rings. The maximum atomic E-state index is 12.8. The van der Waals surface area contributed by atoms with Crippen molar-refractivity contribution in [3.8, 4) is 10.4 Å². The molecule has 9 nitrogen and oxygen atoms in total. The Morgan fingerprint density at radius 2 is 1.71 bits per heavy atom. The van der Waals surface area contributed by atoms with E-state index in [4.69, 9.17) is 14.3 Å². The monoisotopic (exact) mass is 522 g/mol. The number of amides is 2. The fourth-order valence-corrected chi connectivity index (χ4v) is 6.13. The van der Waals surface area contributed by atoms with Crippen LogP contribution >= 0.6 is 11.3 Å². The number of hydrogen-bond donors (Lipinski definition) is 3. The molecule has 0 aliphatic heterocycles. The molecule has 3 N–H and O–H groups in total. The van der Waals surface area contributed by atoms with Crippen molar-refractivity contribution in [1.82, 2.24) is 10.3 Å². The highest BCUT2D eigenvalue weighted by atomic mass is 32.2. The van der Waals surface area contributed by atoms with Crippen molar-refractivity contribution in [3.05, 3.63) is 29.4 Å². The molecule has 1 unspecified atom stereocenters. The summed E-state index contributed by atoms with van der Waals surface area (Å²) in [7, 11) is -3.07. The Morgan fingerprint density at radius 3 is 2.31 bits per heavy atom. The number of thiazole rings is 1. The van der Waals surface area contributed by atoms with Crippen molar-refractivity contribution in [2.24, 2.45) is 0 Å². The van der Waals surface area contributed by atoms with Crippen molar-refractivity contribution in [3.63, 3.8) is 0 Å². The Bertz CT molecular complexity index is 1150. The summed E-state index contributed by atoms with van der Waals surface area (Å²) in [6.07, 6.45) is 5.22. The Morgan fingerprint density at radius 1 is 1.09 bits per heavy atom. The molecule has 1 saturated carbocycles. The quantitative estimate of drug-likeness (QED) is 0.411. The van der Waals surface area contributed by atoms with E-state index in [-0.39, 0.29) is 30.3 Å². The van der Waals surface area contributed by atoms with Gasteiger partial charge >= 0.3 is 12.2 Å². The van der Waals surface area contributed by atoms with Gasteiger partial charge < -0.3 is 14.8 Å². The number of anilines is 1. The lowest BCUT2D eigenvalue weighted by Gasteiger charge is -2.28. The summed E-state index contributed by atoms with van der Waals surface area (Å²) in [5, 5.41) is 6.55. The highest BCUT2D eigenvalue weighted by Crippen LogP contribution is 2.40. The second-order valence-electron chi connectivity index (χ2n) is 9.34. The Labute approximate surface area is 211 Å². The minimum Gasteiger partial charge on any atom is -0.447 e. The van der Waals surface area contributed by atoms with E-state index >= 15 is 0 Å². The van der Waals surface area contributed by atoms with Gasteiger partial charge in [-0.2, -0.15) is 0 Å². The van der Waals surface area contributed by atoms with Gasteiger partial charge in [0.2, 0.25) is 0 Å². The molecule has 1 aliphatic carbocycles. The van der Waals surface area contributed by atoms with Gasteiger partial charge in [-0.05, 0) is 65.5 Å². The van der Waals surface area contributed by atoms with Crippen LogP contribution < -0.4 is 10.6 Å². The zero-order valence-corrected chi connectivity index (χ0v) is 22.4. The van der Waals surface area contributed by atoms with Gasteiger partial charge in [0.1, 0.15) is 0 Å². The normalized spacial score (nSPS) is 19.7.